The number of ether oxygens (including phenoxy) is 1. The van der Waals surface area contributed by atoms with Gasteiger partial charge >= 0.3 is 0 Å². The van der Waals surface area contributed by atoms with Crippen molar-refractivity contribution in [1.82, 2.24) is 14.7 Å². The summed E-state index contributed by atoms with van der Waals surface area (Å²) in [6.07, 6.45) is 7.91. The Morgan fingerprint density at radius 3 is 2.45 bits per heavy atom. The molecule has 1 atom stereocenters. The topological polar surface area (TPSA) is 19.0 Å². The number of piperidine rings is 2. The van der Waals surface area contributed by atoms with Crippen LogP contribution >= 0.6 is 0 Å². The number of hydrogen-bond donors (Lipinski definition) is 0. The summed E-state index contributed by atoms with van der Waals surface area (Å²) in [5, 5.41) is 0. The Morgan fingerprint density at radius 1 is 1.00 bits per heavy atom. The number of rotatable bonds is 7. The number of halogens is 1. The second kappa shape index (κ2) is 10.3. The van der Waals surface area contributed by atoms with Crippen LogP contribution in [-0.4, -0.2) is 79.8 Å². The maximum absolute atomic E-state index is 14.0. The van der Waals surface area contributed by atoms with Crippen molar-refractivity contribution in [2.45, 2.75) is 57.2 Å². The van der Waals surface area contributed by atoms with Gasteiger partial charge in [0.1, 0.15) is 5.82 Å². The number of nitrogens with zero attached hydrogens (tertiary/aromatic N) is 3. The molecule has 0 radical (unpaired) electrons. The molecule has 4 rings (SSSR count). The largest absolute Gasteiger partial charge is 0.377 e. The molecule has 0 aliphatic carbocycles. The molecule has 4 nitrogen and oxygen atoms in total. The zero-order valence-corrected chi connectivity index (χ0v) is 18.1. The molecule has 3 aliphatic heterocycles. The first kappa shape index (κ1) is 21.2. The average molecular weight is 404 g/mol. The fraction of sp³-hybridized carbons (Fsp3) is 0.750. The summed E-state index contributed by atoms with van der Waals surface area (Å²) in [7, 11) is 2.24. The van der Waals surface area contributed by atoms with Gasteiger partial charge in [0.25, 0.3) is 0 Å². The van der Waals surface area contributed by atoms with Crippen LogP contribution in [0.15, 0.2) is 24.3 Å². The molecule has 0 bridgehead atoms. The predicted molar refractivity (Wildman–Crippen MR) is 115 cm³/mol. The Kier molecular flexibility index (Phi) is 7.57. The molecule has 29 heavy (non-hydrogen) atoms. The minimum atomic E-state index is -0.0698. The second-order valence-electron chi connectivity index (χ2n) is 9.43. The smallest absolute Gasteiger partial charge is 0.127 e. The van der Waals surface area contributed by atoms with Gasteiger partial charge in [0, 0.05) is 37.8 Å². The van der Waals surface area contributed by atoms with E-state index in [2.05, 4.69) is 21.7 Å². The molecule has 1 aromatic carbocycles. The third-order valence-electron chi connectivity index (χ3n) is 7.22. The lowest BCUT2D eigenvalue weighted by molar-refractivity contribution is 0.0261. The van der Waals surface area contributed by atoms with E-state index in [1.807, 2.05) is 12.1 Å². The molecule has 5 heteroatoms. The zero-order chi connectivity index (χ0) is 20.1. The van der Waals surface area contributed by atoms with Gasteiger partial charge in [-0.25, -0.2) is 4.39 Å². The van der Waals surface area contributed by atoms with E-state index >= 15 is 0 Å². The van der Waals surface area contributed by atoms with Crippen LogP contribution in [0.2, 0.25) is 0 Å². The van der Waals surface area contributed by atoms with Crippen molar-refractivity contribution >= 4 is 0 Å². The maximum Gasteiger partial charge on any atom is 0.127 e. The van der Waals surface area contributed by atoms with Crippen LogP contribution in [0.3, 0.4) is 0 Å². The van der Waals surface area contributed by atoms with Gasteiger partial charge in [0.05, 0.1) is 6.10 Å². The predicted octanol–water partition coefficient (Wildman–Crippen LogP) is 3.61. The lowest BCUT2D eigenvalue weighted by atomic mass is 9.93. The van der Waals surface area contributed by atoms with Crippen LogP contribution in [0.5, 0.6) is 0 Å². The van der Waals surface area contributed by atoms with E-state index in [4.69, 9.17) is 4.74 Å². The van der Waals surface area contributed by atoms with E-state index < -0.39 is 0 Å². The SMILES string of the molecule is CN1CCC(N(CC2CCN(Cc3ccccc3F)CC2)CC2CCCO2)CC1. The highest BCUT2D eigenvalue weighted by Gasteiger charge is 2.30. The summed E-state index contributed by atoms with van der Waals surface area (Å²) in [4.78, 5) is 7.66. The van der Waals surface area contributed by atoms with Crippen LogP contribution in [0.4, 0.5) is 4.39 Å². The minimum Gasteiger partial charge on any atom is -0.377 e. The molecule has 1 aromatic rings. The zero-order valence-electron chi connectivity index (χ0n) is 18.1. The molecule has 0 aromatic heterocycles. The molecule has 3 aliphatic rings. The molecule has 3 saturated heterocycles. The van der Waals surface area contributed by atoms with Gasteiger partial charge in [-0.2, -0.15) is 0 Å². The summed E-state index contributed by atoms with van der Waals surface area (Å²) in [5.41, 5.74) is 0.831. The van der Waals surface area contributed by atoms with E-state index in [0.29, 0.717) is 12.1 Å². The third-order valence-corrected chi connectivity index (χ3v) is 7.22. The molecule has 162 valence electrons. The van der Waals surface area contributed by atoms with Gasteiger partial charge < -0.3 is 9.64 Å². The molecule has 0 N–H and O–H groups in total. The van der Waals surface area contributed by atoms with Crippen LogP contribution < -0.4 is 0 Å². The summed E-state index contributed by atoms with van der Waals surface area (Å²) in [6.45, 7) is 8.61. The fourth-order valence-electron chi connectivity index (χ4n) is 5.31. The Balaban J connectivity index is 1.29. The van der Waals surface area contributed by atoms with Gasteiger partial charge in [-0.1, -0.05) is 18.2 Å². The van der Waals surface area contributed by atoms with E-state index in [1.54, 1.807) is 12.1 Å². The average Bonchev–Trinajstić information content (AvgIpc) is 3.24. The van der Waals surface area contributed by atoms with Crippen molar-refractivity contribution in [3.8, 4) is 0 Å². The lowest BCUT2D eigenvalue weighted by Crippen LogP contribution is -2.49. The highest BCUT2D eigenvalue weighted by atomic mass is 19.1. The van der Waals surface area contributed by atoms with E-state index in [1.165, 1.54) is 58.2 Å². The Hall–Kier alpha value is -1.01. The van der Waals surface area contributed by atoms with Gasteiger partial charge in [-0.15, -0.1) is 0 Å². The summed E-state index contributed by atoms with van der Waals surface area (Å²) in [6, 6.07) is 7.93. The minimum absolute atomic E-state index is 0.0698. The molecule has 3 fully saturated rings. The monoisotopic (exact) mass is 403 g/mol. The van der Waals surface area contributed by atoms with Crippen LogP contribution in [0, 0.1) is 11.7 Å². The van der Waals surface area contributed by atoms with Gasteiger partial charge in [-0.3, -0.25) is 9.80 Å². The first-order valence-electron chi connectivity index (χ1n) is 11.7. The number of likely N-dealkylation sites (tertiary alicyclic amines) is 2. The highest BCUT2D eigenvalue weighted by Crippen LogP contribution is 2.25. The van der Waals surface area contributed by atoms with Crippen molar-refractivity contribution < 1.29 is 9.13 Å². The molecule has 0 amide bonds. The summed E-state index contributed by atoms with van der Waals surface area (Å²) < 4.78 is 20.0. The lowest BCUT2D eigenvalue weighted by Gasteiger charge is -2.41. The fourth-order valence-corrected chi connectivity index (χ4v) is 5.31. The summed E-state index contributed by atoms with van der Waals surface area (Å²) >= 11 is 0. The van der Waals surface area contributed by atoms with Crippen molar-refractivity contribution in [1.29, 1.82) is 0 Å². The number of benzene rings is 1. The van der Waals surface area contributed by atoms with E-state index in [-0.39, 0.29) is 5.82 Å². The van der Waals surface area contributed by atoms with Gasteiger partial charge in [0.15, 0.2) is 0 Å². The van der Waals surface area contributed by atoms with E-state index in [9.17, 15) is 4.39 Å². The van der Waals surface area contributed by atoms with Gasteiger partial charge in [0.2, 0.25) is 0 Å². The number of hydrogen-bond acceptors (Lipinski definition) is 4. The molecule has 0 saturated carbocycles. The maximum atomic E-state index is 14.0. The van der Waals surface area contributed by atoms with Crippen molar-refractivity contribution in [3.63, 3.8) is 0 Å². The first-order valence-corrected chi connectivity index (χ1v) is 11.7. The van der Waals surface area contributed by atoms with E-state index in [0.717, 1.165) is 44.3 Å². The molecule has 1 unspecified atom stereocenters. The quantitative estimate of drug-likeness (QED) is 0.692. The van der Waals surface area contributed by atoms with Crippen LogP contribution in [0.1, 0.15) is 44.1 Å². The molecular formula is C24H38FN3O. The standard InChI is InChI=1S/C24H38FN3O/c1-26-12-10-22(11-13-26)28(19-23-6-4-16-29-23)17-20-8-14-27(15-9-20)18-21-5-2-3-7-24(21)25/h2-3,5,7,20,22-23H,4,6,8-19H2,1H3. The molecule has 0 spiro atoms. The van der Waals surface area contributed by atoms with Crippen LogP contribution in [-0.2, 0) is 11.3 Å². The molecule has 3 heterocycles. The normalized spacial score (nSPS) is 25.8. The Bertz CT molecular complexity index is 620. The second-order valence-corrected chi connectivity index (χ2v) is 9.43. The van der Waals surface area contributed by atoms with Crippen molar-refractivity contribution in [2.75, 3.05) is 52.9 Å². The Labute approximate surface area is 176 Å². The first-order chi connectivity index (χ1) is 14.2. The van der Waals surface area contributed by atoms with Crippen molar-refractivity contribution in [3.05, 3.63) is 35.6 Å². The Morgan fingerprint density at radius 2 is 1.76 bits per heavy atom. The highest BCUT2D eigenvalue weighted by molar-refractivity contribution is 5.17. The van der Waals surface area contributed by atoms with Crippen LogP contribution in [0.25, 0.3) is 0 Å². The van der Waals surface area contributed by atoms with Crippen molar-refractivity contribution in [2.24, 2.45) is 5.92 Å². The third kappa shape index (κ3) is 6.00. The summed E-state index contributed by atoms with van der Waals surface area (Å²) in [5.74, 6) is 0.688. The molecular weight excluding hydrogens is 365 g/mol. The van der Waals surface area contributed by atoms with Gasteiger partial charge in [-0.05, 0) is 83.7 Å².